The molecule has 1 saturated carbocycles. The molecule has 3 aliphatic heterocycles. The molecule has 2 N–H and O–H groups in total. The third-order valence-corrected chi connectivity index (χ3v) is 11.9. The minimum absolute atomic E-state index is 0.127. The number of piperidine rings is 2. The zero-order valence-electron chi connectivity index (χ0n) is 29.7. The number of rotatable bonds is 10. The molecule has 1 aliphatic carbocycles. The number of halogens is 1. The van der Waals surface area contributed by atoms with Crippen molar-refractivity contribution in [2.75, 3.05) is 19.6 Å². The second-order valence-corrected chi connectivity index (χ2v) is 16.2. The van der Waals surface area contributed by atoms with Gasteiger partial charge in [-0.25, -0.2) is 0 Å². The van der Waals surface area contributed by atoms with Crippen LogP contribution < -0.4 is 15.4 Å². The number of nitriles is 1. The van der Waals surface area contributed by atoms with Crippen LogP contribution in [0.4, 0.5) is 0 Å². The molecule has 270 valence electrons. The van der Waals surface area contributed by atoms with Gasteiger partial charge in [0.1, 0.15) is 24.0 Å². The summed E-state index contributed by atoms with van der Waals surface area (Å²) < 4.78 is 6.34. The number of carbonyl (C=O) groups is 5. The van der Waals surface area contributed by atoms with E-state index < -0.39 is 17.4 Å². The number of nitrogens with one attached hydrogen (secondary N) is 2. The maximum Gasteiger partial charge on any atom is 0.251 e. The van der Waals surface area contributed by atoms with Gasteiger partial charge >= 0.3 is 0 Å². The van der Waals surface area contributed by atoms with Crippen LogP contribution in [0.15, 0.2) is 42.5 Å². The first-order chi connectivity index (χ1) is 24.2. The first-order valence-electron chi connectivity index (χ1n) is 17.8. The van der Waals surface area contributed by atoms with Crippen LogP contribution in [0.5, 0.6) is 5.75 Å². The average molecular weight is 716 g/mol. The van der Waals surface area contributed by atoms with E-state index in [-0.39, 0.29) is 65.9 Å². The lowest BCUT2D eigenvalue weighted by molar-refractivity contribution is -0.164. The molecular formula is C39H46ClN5O6. The Labute approximate surface area is 304 Å². The molecule has 4 fully saturated rings. The molecule has 51 heavy (non-hydrogen) atoms. The second-order valence-electron chi connectivity index (χ2n) is 15.8. The molecule has 1 spiro atoms. The maximum atomic E-state index is 13.4. The van der Waals surface area contributed by atoms with Gasteiger partial charge in [-0.2, -0.15) is 5.26 Å². The third kappa shape index (κ3) is 7.01. The summed E-state index contributed by atoms with van der Waals surface area (Å²) in [6, 6.07) is 13.9. The van der Waals surface area contributed by atoms with Crippen LogP contribution in [0.2, 0.25) is 5.02 Å². The highest BCUT2D eigenvalue weighted by atomic mass is 35.5. The Morgan fingerprint density at radius 1 is 1.02 bits per heavy atom. The van der Waals surface area contributed by atoms with Crippen molar-refractivity contribution in [3.63, 3.8) is 0 Å². The number of aryl methyl sites for hydroxylation is 1. The van der Waals surface area contributed by atoms with Crippen molar-refractivity contribution in [3.8, 4) is 11.8 Å². The van der Waals surface area contributed by atoms with Gasteiger partial charge in [-0.1, -0.05) is 51.4 Å². The van der Waals surface area contributed by atoms with Crippen molar-refractivity contribution in [1.82, 2.24) is 20.4 Å². The smallest absolute Gasteiger partial charge is 0.251 e. The number of unbranched alkanes of at least 4 members (excludes halogenated alkanes) is 1. The maximum absolute atomic E-state index is 13.4. The molecule has 1 atom stereocenters. The van der Waals surface area contributed by atoms with E-state index in [1.807, 2.05) is 24.3 Å². The van der Waals surface area contributed by atoms with Crippen LogP contribution in [-0.2, 0) is 25.6 Å². The summed E-state index contributed by atoms with van der Waals surface area (Å²) >= 11 is 6.22. The van der Waals surface area contributed by atoms with Crippen molar-refractivity contribution < 1.29 is 28.7 Å². The van der Waals surface area contributed by atoms with Crippen LogP contribution in [0.3, 0.4) is 0 Å². The topological polar surface area (TPSA) is 149 Å². The summed E-state index contributed by atoms with van der Waals surface area (Å²) in [7, 11) is 0. The van der Waals surface area contributed by atoms with E-state index >= 15 is 0 Å². The third-order valence-electron chi connectivity index (χ3n) is 11.6. The number of amides is 5. The molecule has 3 heterocycles. The lowest BCUT2D eigenvalue weighted by atomic mass is 9.49. The molecule has 11 nitrogen and oxygen atoms in total. The minimum Gasteiger partial charge on any atom is -0.489 e. The van der Waals surface area contributed by atoms with Gasteiger partial charge in [-0.15, -0.1) is 0 Å². The van der Waals surface area contributed by atoms with Gasteiger partial charge in [-0.3, -0.25) is 34.2 Å². The summed E-state index contributed by atoms with van der Waals surface area (Å²) in [5.74, 6) is -1.04. The van der Waals surface area contributed by atoms with E-state index in [9.17, 15) is 29.2 Å². The molecule has 2 aromatic carbocycles. The lowest BCUT2D eigenvalue weighted by Gasteiger charge is -2.63. The highest BCUT2D eigenvalue weighted by Gasteiger charge is 2.64. The predicted octanol–water partition coefficient (Wildman–Crippen LogP) is 4.79. The van der Waals surface area contributed by atoms with Crippen LogP contribution in [0, 0.1) is 27.6 Å². The van der Waals surface area contributed by atoms with Gasteiger partial charge in [0.25, 0.3) is 5.91 Å². The average Bonchev–Trinajstić information content (AvgIpc) is 3.33. The molecule has 0 aromatic heterocycles. The Morgan fingerprint density at radius 3 is 2.33 bits per heavy atom. The Bertz CT molecular complexity index is 1760. The van der Waals surface area contributed by atoms with E-state index in [0.29, 0.717) is 34.7 Å². The van der Waals surface area contributed by atoms with Crippen LogP contribution in [-0.4, -0.2) is 77.2 Å². The molecule has 5 amide bonds. The summed E-state index contributed by atoms with van der Waals surface area (Å²) in [6.45, 7) is 10.7. The summed E-state index contributed by atoms with van der Waals surface area (Å²) in [5.41, 5.74) is 0.706. The summed E-state index contributed by atoms with van der Waals surface area (Å²) in [5, 5.41) is 15.0. The van der Waals surface area contributed by atoms with Gasteiger partial charge in [0.15, 0.2) is 0 Å². The monoisotopic (exact) mass is 715 g/mol. The number of hydrogen-bond acceptors (Lipinski definition) is 8. The molecule has 6 rings (SSSR count). The van der Waals surface area contributed by atoms with Crippen LogP contribution in [0.25, 0.3) is 0 Å². The normalized spacial score (nSPS) is 25.3. The van der Waals surface area contributed by atoms with Crippen molar-refractivity contribution in [1.29, 1.82) is 5.26 Å². The fourth-order valence-electron chi connectivity index (χ4n) is 8.96. The number of nitrogens with zero attached hydrogens (tertiary/aromatic N) is 3. The first kappa shape index (κ1) is 36.5. The van der Waals surface area contributed by atoms with E-state index in [0.717, 1.165) is 49.4 Å². The molecule has 0 unspecified atom stereocenters. The zero-order chi connectivity index (χ0) is 36.7. The Morgan fingerprint density at radius 2 is 1.71 bits per heavy atom. The van der Waals surface area contributed by atoms with Crippen molar-refractivity contribution in [2.45, 2.75) is 97.2 Å². The van der Waals surface area contributed by atoms with Gasteiger partial charge in [0.2, 0.25) is 23.6 Å². The molecule has 0 radical (unpaired) electrons. The summed E-state index contributed by atoms with van der Waals surface area (Å²) in [6.07, 6.45) is 4.27. The molecule has 12 heteroatoms. The molecule has 4 aliphatic rings. The van der Waals surface area contributed by atoms with Gasteiger partial charge in [0.05, 0.1) is 16.0 Å². The standard InChI is InChI=1S/C39H46ClN5O6/c1-37(2)34(38(3,4)35(37)51-27-13-12-26(23-41)28(40)21-27)43-32(48)25-10-8-24(9-11-25)7-5-6-18-44-19-16-39(17-20-44)22-31(47)45(36(39)50)29-14-15-30(46)42-33(29)49/h8-13,21,29,34-35H,5-7,14-20,22H2,1-4H3,(H,43,48)(H,42,46,49)/t29-,34?,35?/m1/s1. The Balaban J connectivity index is 0.934. The van der Waals surface area contributed by atoms with Crippen LogP contribution >= 0.6 is 11.6 Å². The number of imide groups is 2. The lowest BCUT2D eigenvalue weighted by Crippen LogP contribution is -2.74. The van der Waals surface area contributed by atoms with Gasteiger partial charge < -0.3 is 15.0 Å². The Hall–Kier alpha value is -4.27. The number of ether oxygens (including phenoxy) is 1. The number of likely N-dealkylation sites (tertiary alicyclic amines) is 2. The quantitative estimate of drug-likeness (QED) is 0.264. The zero-order valence-corrected chi connectivity index (χ0v) is 30.5. The molecule has 0 bridgehead atoms. The fraction of sp³-hybridized carbons (Fsp3) is 0.538. The van der Waals surface area contributed by atoms with Crippen molar-refractivity contribution >= 4 is 41.1 Å². The Kier molecular flexibility index (Phi) is 10.1. The predicted molar refractivity (Wildman–Crippen MR) is 190 cm³/mol. The summed E-state index contributed by atoms with van der Waals surface area (Å²) in [4.78, 5) is 67.0. The SMILES string of the molecule is CC1(C)C(NC(=O)c2ccc(CCCCN3CCC4(CC3)CC(=O)N([C@@H]3CCC(=O)NC3=O)C4=O)cc2)C(C)(C)C1Oc1ccc(C#N)c(Cl)c1. The molecule has 3 saturated heterocycles. The van der Waals surface area contributed by atoms with Crippen molar-refractivity contribution in [3.05, 3.63) is 64.2 Å². The largest absolute Gasteiger partial charge is 0.489 e. The highest BCUT2D eigenvalue weighted by Crippen LogP contribution is 2.55. The number of hydrogen-bond donors (Lipinski definition) is 2. The molecular weight excluding hydrogens is 670 g/mol. The van der Waals surface area contributed by atoms with E-state index in [4.69, 9.17) is 16.3 Å². The first-order valence-corrected chi connectivity index (χ1v) is 18.2. The van der Waals surface area contributed by atoms with E-state index in [1.165, 1.54) is 0 Å². The van der Waals surface area contributed by atoms with E-state index in [1.54, 1.807) is 18.2 Å². The fourth-order valence-corrected chi connectivity index (χ4v) is 9.17. The number of benzene rings is 2. The van der Waals surface area contributed by atoms with E-state index in [2.05, 4.69) is 49.3 Å². The van der Waals surface area contributed by atoms with Crippen molar-refractivity contribution in [2.24, 2.45) is 16.2 Å². The number of carbonyl (C=O) groups excluding carboxylic acids is 5. The van der Waals surface area contributed by atoms with Crippen LogP contribution in [0.1, 0.15) is 94.1 Å². The van der Waals surface area contributed by atoms with Gasteiger partial charge in [0, 0.05) is 41.3 Å². The van der Waals surface area contributed by atoms with Gasteiger partial charge in [-0.05, 0) is 88.0 Å². The highest BCUT2D eigenvalue weighted by molar-refractivity contribution is 6.31. The molecule has 2 aromatic rings. The second kappa shape index (κ2) is 14.0. The minimum atomic E-state index is -0.888.